The predicted octanol–water partition coefficient (Wildman–Crippen LogP) is 2.76. The third-order valence-corrected chi connectivity index (χ3v) is 4.49. The minimum Gasteiger partial charge on any atom is -0.390 e. The summed E-state index contributed by atoms with van der Waals surface area (Å²) in [5, 5.41) is 10.6. The van der Waals surface area contributed by atoms with Crippen LogP contribution in [0.3, 0.4) is 0 Å². The van der Waals surface area contributed by atoms with Gasteiger partial charge in [-0.25, -0.2) is 0 Å². The molecule has 3 nitrogen and oxygen atoms in total. The van der Waals surface area contributed by atoms with Crippen LogP contribution in [0.5, 0.6) is 0 Å². The number of rotatable bonds is 5. The third-order valence-electron chi connectivity index (χ3n) is 4.49. The molecule has 0 aromatic carbocycles. The maximum absolute atomic E-state index is 10.6. The van der Waals surface area contributed by atoms with E-state index in [4.69, 9.17) is 9.47 Å². The Morgan fingerprint density at radius 3 is 2.44 bits per heavy atom. The first kappa shape index (κ1) is 14.3. The lowest BCUT2D eigenvalue weighted by molar-refractivity contribution is -0.115. The van der Waals surface area contributed by atoms with E-state index in [2.05, 4.69) is 0 Å². The Bertz CT molecular complexity index is 220. The lowest BCUT2D eigenvalue weighted by Crippen LogP contribution is -2.44. The molecule has 2 fully saturated rings. The normalized spacial score (nSPS) is 30.0. The minimum atomic E-state index is -0.339. The SMILES string of the molecule is CCOC(C1CCCCC1)C(O)C1CCCOC1. The van der Waals surface area contributed by atoms with Crippen LogP contribution in [0.15, 0.2) is 0 Å². The molecule has 1 heterocycles. The van der Waals surface area contributed by atoms with Crippen LogP contribution in [0.1, 0.15) is 51.9 Å². The van der Waals surface area contributed by atoms with Crippen LogP contribution < -0.4 is 0 Å². The Kier molecular flexibility index (Phi) is 5.93. The van der Waals surface area contributed by atoms with Gasteiger partial charge in [-0.15, -0.1) is 0 Å². The summed E-state index contributed by atoms with van der Waals surface area (Å²) in [6.07, 6.45) is 8.21. The lowest BCUT2D eigenvalue weighted by atomic mass is 9.79. The summed E-state index contributed by atoms with van der Waals surface area (Å²) in [6.45, 7) is 4.29. The molecule has 3 unspecified atom stereocenters. The second kappa shape index (κ2) is 7.46. The van der Waals surface area contributed by atoms with Gasteiger partial charge in [-0.1, -0.05) is 19.3 Å². The van der Waals surface area contributed by atoms with Crippen molar-refractivity contribution in [3.63, 3.8) is 0 Å². The fraction of sp³-hybridized carbons (Fsp3) is 1.00. The number of aliphatic hydroxyl groups is 1. The van der Waals surface area contributed by atoms with Gasteiger partial charge in [0.1, 0.15) is 0 Å². The zero-order valence-electron chi connectivity index (χ0n) is 11.6. The van der Waals surface area contributed by atoms with Crippen molar-refractivity contribution in [2.75, 3.05) is 19.8 Å². The zero-order chi connectivity index (χ0) is 12.8. The molecular formula is C15H28O3. The van der Waals surface area contributed by atoms with Crippen LogP contribution in [0.25, 0.3) is 0 Å². The summed E-state index contributed by atoms with van der Waals surface area (Å²) in [5.74, 6) is 0.827. The number of ether oxygens (including phenoxy) is 2. The van der Waals surface area contributed by atoms with Gasteiger partial charge in [0.2, 0.25) is 0 Å². The summed E-state index contributed by atoms with van der Waals surface area (Å²) < 4.78 is 11.4. The van der Waals surface area contributed by atoms with Gasteiger partial charge in [0, 0.05) is 19.1 Å². The first-order valence-corrected chi connectivity index (χ1v) is 7.70. The van der Waals surface area contributed by atoms with E-state index >= 15 is 0 Å². The minimum absolute atomic E-state index is 0.0296. The molecule has 2 aliphatic rings. The number of hydrogen-bond acceptors (Lipinski definition) is 3. The summed E-state index contributed by atoms with van der Waals surface area (Å²) in [6, 6.07) is 0. The van der Waals surface area contributed by atoms with Crippen molar-refractivity contribution in [3.05, 3.63) is 0 Å². The van der Waals surface area contributed by atoms with Crippen LogP contribution in [0.4, 0.5) is 0 Å². The molecule has 3 atom stereocenters. The van der Waals surface area contributed by atoms with Crippen molar-refractivity contribution in [2.45, 2.75) is 64.1 Å². The van der Waals surface area contributed by atoms with Gasteiger partial charge >= 0.3 is 0 Å². The third kappa shape index (κ3) is 3.69. The Morgan fingerprint density at radius 1 is 1.11 bits per heavy atom. The van der Waals surface area contributed by atoms with Crippen molar-refractivity contribution in [1.82, 2.24) is 0 Å². The smallest absolute Gasteiger partial charge is 0.0865 e. The van der Waals surface area contributed by atoms with E-state index < -0.39 is 0 Å². The first-order chi connectivity index (χ1) is 8.83. The molecular weight excluding hydrogens is 228 g/mol. The van der Waals surface area contributed by atoms with Gasteiger partial charge in [-0.2, -0.15) is 0 Å². The molecule has 0 amide bonds. The van der Waals surface area contributed by atoms with E-state index in [1.807, 2.05) is 6.92 Å². The van der Waals surface area contributed by atoms with E-state index in [-0.39, 0.29) is 18.1 Å². The molecule has 3 heteroatoms. The highest BCUT2D eigenvalue weighted by Gasteiger charge is 2.35. The Balaban J connectivity index is 1.93. The van der Waals surface area contributed by atoms with Crippen LogP contribution >= 0.6 is 0 Å². The monoisotopic (exact) mass is 256 g/mol. The van der Waals surface area contributed by atoms with Crippen molar-refractivity contribution in [3.8, 4) is 0 Å². The van der Waals surface area contributed by atoms with Crippen molar-refractivity contribution in [2.24, 2.45) is 11.8 Å². The molecule has 18 heavy (non-hydrogen) atoms. The fourth-order valence-electron chi connectivity index (χ4n) is 3.47. The van der Waals surface area contributed by atoms with E-state index in [1.54, 1.807) is 0 Å². The molecule has 1 aliphatic carbocycles. The second-order valence-electron chi connectivity index (χ2n) is 5.79. The molecule has 0 radical (unpaired) electrons. The number of hydrogen-bond donors (Lipinski definition) is 1. The van der Waals surface area contributed by atoms with Crippen molar-refractivity contribution < 1.29 is 14.6 Å². The largest absolute Gasteiger partial charge is 0.390 e. The maximum Gasteiger partial charge on any atom is 0.0865 e. The van der Waals surface area contributed by atoms with Gasteiger partial charge in [0.25, 0.3) is 0 Å². The lowest BCUT2D eigenvalue weighted by Gasteiger charge is -2.37. The Labute approximate surface area is 111 Å². The molecule has 0 spiro atoms. The molecule has 0 aromatic heterocycles. The van der Waals surface area contributed by atoms with E-state index in [1.165, 1.54) is 32.1 Å². The number of aliphatic hydroxyl groups excluding tert-OH is 1. The van der Waals surface area contributed by atoms with Gasteiger partial charge in [0.05, 0.1) is 18.8 Å². The van der Waals surface area contributed by atoms with Crippen molar-refractivity contribution in [1.29, 1.82) is 0 Å². The van der Waals surface area contributed by atoms with Crippen LogP contribution in [0, 0.1) is 11.8 Å². The van der Waals surface area contributed by atoms with E-state index in [9.17, 15) is 5.11 Å². The highest BCUT2D eigenvalue weighted by Crippen LogP contribution is 2.32. The summed E-state index contributed by atoms with van der Waals surface area (Å²) in [7, 11) is 0. The summed E-state index contributed by atoms with van der Waals surface area (Å²) in [4.78, 5) is 0. The molecule has 1 saturated heterocycles. The zero-order valence-corrected chi connectivity index (χ0v) is 11.6. The summed E-state index contributed by atoms with van der Waals surface area (Å²) in [5.41, 5.74) is 0. The molecule has 0 aromatic rings. The van der Waals surface area contributed by atoms with Gasteiger partial charge < -0.3 is 14.6 Å². The van der Waals surface area contributed by atoms with E-state index in [0.29, 0.717) is 19.1 Å². The Hall–Kier alpha value is -0.120. The maximum atomic E-state index is 10.6. The first-order valence-electron chi connectivity index (χ1n) is 7.70. The predicted molar refractivity (Wildman–Crippen MR) is 71.5 cm³/mol. The van der Waals surface area contributed by atoms with Crippen LogP contribution in [-0.2, 0) is 9.47 Å². The molecule has 0 bridgehead atoms. The fourth-order valence-corrected chi connectivity index (χ4v) is 3.47. The molecule has 1 aliphatic heterocycles. The topological polar surface area (TPSA) is 38.7 Å². The van der Waals surface area contributed by atoms with Crippen LogP contribution in [-0.4, -0.2) is 37.1 Å². The van der Waals surface area contributed by atoms with Crippen molar-refractivity contribution >= 4 is 0 Å². The van der Waals surface area contributed by atoms with E-state index in [0.717, 1.165) is 19.4 Å². The standard InChI is InChI=1S/C15H28O3/c1-2-18-15(12-7-4-3-5-8-12)14(16)13-9-6-10-17-11-13/h12-16H,2-11H2,1H3. The molecule has 2 rings (SSSR count). The second-order valence-corrected chi connectivity index (χ2v) is 5.79. The average Bonchev–Trinajstić information content (AvgIpc) is 2.46. The molecule has 106 valence electrons. The van der Waals surface area contributed by atoms with Gasteiger partial charge in [0.15, 0.2) is 0 Å². The van der Waals surface area contributed by atoms with Gasteiger partial charge in [-0.3, -0.25) is 0 Å². The summed E-state index contributed by atoms with van der Waals surface area (Å²) >= 11 is 0. The van der Waals surface area contributed by atoms with Gasteiger partial charge in [-0.05, 0) is 38.5 Å². The molecule has 1 saturated carbocycles. The van der Waals surface area contributed by atoms with Crippen LogP contribution in [0.2, 0.25) is 0 Å². The molecule has 1 N–H and O–H groups in total. The quantitative estimate of drug-likeness (QED) is 0.822. The average molecular weight is 256 g/mol. The highest BCUT2D eigenvalue weighted by atomic mass is 16.5. The highest BCUT2D eigenvalue weighted by molar-refractivity contribution is 4.85. The Morgan fingerprint density at radius 2 is 1.83 bits per heavy atom.